The van der Waals surface area contributed by atoms with Gasteiger partial charge in [0.05, 0.1) is 5.69 Å². The number of rotatable bonds is 3. The smallest absolute Gasteiger partial charge is 0.267 e. The SMILES string of the molecule is CC(C)c1c(CBr)c(-c2ccc(F)cc2)n[nH]c1=O. The molecule has 0 radical (unpaired) electrons. The summed E-state index contributed by atoms with van der Waals surface area (Å²) in [6, 6.07) is 6.09. The van der Waals surface area contributed by atoms with Crippen LogP contribution >= 0.6 is 15.9 Å². The second-order valence-electron chi connectivity index (χ2n) is 4.59. The Bertz CT molecular complexity index is 635. The minimum atomic E-state index is -0.294. The van der Waals surface area contributed by atoms with Crippen LogP contribution in [0.25, 0.3) is 11.3 Å². The van der Waals surface area contributed by atoms with Gasteiger partial charge in [0.25, 0.3) is 5.56 Å². The average molecular weight is 325 g/mol. The lowest BCUT2D eigenvalue weighted by Crippen LogP contribution is -2.19. The number of alkyl halides is 1. The van der Waals surface area contributed by atoms with Gasteiger partial charge in [-0.05, 0) is 35.7 Å². The molecule has 0 saturated heterocycles. The third-order valence-corrected chi connectivity index (χ3v) is 3.51. The maximum atomic E-state index is 13.0. The summed E-state index contributed by atoms with van der Waals surface area (Å²) in [5.41, 5.74) is 2.86. The van der Waals surface area contributed by atoms with Crippen LogP contribution in [-0.4, -0.2) is 10.2 Å². The Labute approximate surface area is 119 Å². The van der Waals surface area contributed by atoms with Gasteiger partial charge in [-0.25, -0.2) is 9.49 Å². The van der Waals surface area contributed by atoms with E-state index in [1.54, 1.807) is 12.1 Å². The molecule has 0 bridgehead atoms. The lowest BCUT2D eigenvalue weighted by atomic mass is 9.96. The van der Waals surface area contributed by atoms with Gasteiger partial charge in [-0.2, -0.15) is 5.10 Å². The van der Waals surface area contributed by atoms with Gasteiger partial charge in [-0.1, -0.05) is 29.8 Å². The van der Waals surface area contributed by atoms with Gasteiger partial charge in [0, 0.05) is 16.5 Å². The Morgan fingerprint density at radius 3 is 2.47 bits per heavy atom. The van der Waals surface area contributed by atoms with Crippen molar-refractivity contribution < 1.29 is 4.39 Å². The highest BCUT2D eigenvalue weighted by atomic mass is 79.9. The molecule has 0 aliphatic carbocycles. The predicted octanol–water partition coefficient (Wildman–Crippen LogP) is 3.59. The number of benzene rings is 1. The van der Waals surface area contributed by atoms with Crippen molar-refractivity contribution in [3.05, 3.63) is 51.6 Å². The Hall–Kier alpha value is -1.49. The summed E-state index contributed by atoms with van der Waals surface area (Å²) in [6.07, 6.45) is 0. The molecule has 5 heteroatoms. The number of aromatic nitrogens is 2. The summed E-state index contributed by atoms with van der Waals surface area (Å²) in [5.74, 6) is -0.198. The molecular formula is C14H14BrFN2O. The normalized spacial score (nSPS) is 11.0. The minimum Gasteiger partial charge on any atom is -0.268 e. The molecule has 1 aromatic carbocycles. The highest BCUT2D eigenvalue weighted by Gasteiger charge is 2.17. The summed E-state index contributed by atoms with van der Waals surface area (Å²) in [5, 5.41) is 7.15. The van der Waals surface area contributed by atoms with E-state index in [4.69, 9.17) is 0 Å². The molecule has 0 amide bonds. The van der Waals surface area contributed by atoms with Crippen LogP contribution in [0, 0.1) is 5.82 Å². The summed E-state index contributed by atoms with van der Waals surface area (Å²) in [4.78, 5) is 11.9. The van der Waals surface area contributed by atoms with Crippen LogP contribution in [0.2, 0.25) is 0 Å². The first kappa shape index (κ1) is 13.9. The van der Waals surface area contributed by atoms with Crippen LogP contribution in [0.15, 0.2) is 29.1 Å². The van der Waals surface area contributed by atoms with Crippen molar-refractivity contribution >= 4 is 15.9 Å². The average Bonchev–Trinajstić information content (AvgIpc) is 2.39. The molecule has 0 unspecified atom stereocenters. The molecular weight excluding hydrogens is 311 g/mol. The Morgan fingerprint density at radius 1 is 1.32 bits per heavy atom. The molecule has 2 rings (SSSR count). The van der Waals surface area contributed by atoms with Crippen LogP contribution in [0.1, 0.15) is 30.9 Å². The molecule has 0 saturated carbocycles. The van der Waals surface area contributed by atoms with Crippen LogP contribution in [-0.2, 0) is 5.33 Å². The lowest BCUT2D eigenvalue weighted by Gasteiger charge is -2.13. The summed E-state index contributed by atoms with van der Waals surface area (Å²) in [6.45, 7) is 3.93. The zero-order chi connectivity index (χ0) is 14.0. The number of aromatic amines is 1. The number of nitrogens with zero attached hydrogens (tertiary/aromatic N) is 1. The fourth-order valence-corrected chi connectivity index (χ4v) is 2.66. The molecule has 3 nitrogen and oxygen atoms in total. The largest absolute Gasteiger partial charge is 0.268 e. The zero-order valence-corrected chi connectivity index (χ0v) is 12.3. The van der Waals surface area contributed by atoms with Crippen LogP contribution in [0.3, 0.4) is 0 Å². The van der Waals surface area contributed by atoms with Crippen molar-refractivity contribution in [3.8, 4) is 11.3 Å². The Kier molecular flexibility index (Phi) is 4.14. The quantitative estimate of drug-likeness (QED) is 0.877. The highest BCUT2D eigenvalue weighted by molar-refractivity contribution is 9.08. The van der Waals surface area contributed by atoms with E-state index in [9.17, 15) is 9.18 Å². The second-order valence-corrected chi connectivity index (χ2v) is 5.15. The molecule has 1 aromatic heterocycles. The van der Waals surface area contributed by atoms with Gasteiger partial charge >= 0.3 is 0 Å². The molecule has 0 aliphatic heterocycles. The monoisotopic (exact) mass is 324 g/mol. The number of nitrogens with one attached hydrogen (secondary N) is 1. The molecule has 2 aromatic rings. The van der Waals surface area contributed by atoms with E-state index < -0.39 is 0 Å². The first-order valence-corrected chi connectivity index (χ1v) is 7.10. The number of H-pyrrole nitrogens is 1. The zero-order valence-electron chi connectivity index (χ0n) is 10.7. The summed E-state index contributed by atoms with van der Waals surface area (Å²) < 4.78 is 13.0. The lowest BCUT2D eigenvalue weighted by molar-refractivity contribution is 0.628. The fourth-order valence-electron chi connectivity index (χ4n) is 2.09. The van der Waals surface area contributed by atoms with Crippen molar-refractivity contribution in [3.63, 3.8) is 0 Å². The maximum absolute atomic E-state index is 13.0. The maximum Gasteiger partial charge on any atom is 0.267 e. The van der Waals surface area contributed by atoms with Gasteiger partial charge in [0.15, 0.2) is 0 Å². The molecule has 0 fully saturated rings. The van der Waals surface area contributed by atoms with Crippen molar-refractivity contribution in [1.29, 1.82) is 0 Å². The predicted molar refractivity (Wildman–Crippen MR) is 77.0 cm³/mol. The first-order valence-electron chi connectivity index (χ1n) is 5.98. The highest BCUT2D eigenvalue weighted by Crippen LogP contribution is 2.27. The number of hydrogen-bond acceptors (Lipinski definition) is 2. The number of hydrogen-bond donors (Lipinski definition) is 1. The van der Waals surface area contributed by atoms with E-state index in [0.29, 0.717) is 16.6 Å². The molecule has 0 spiro atoms. The summed E-state index contributed by atoms with van der Waals surface area (Å²) >= 11 is 3.41. The van der Waals surface area contributed by atoms with Crippen molar-refractivity contribution in [1.82, 2.24) is 10.2 Å². The minimum absolute atomic E-state index is 0.0958. The van der Waals surface area contributed by atoms with E-state index in [1.807, 2.05) is 13.8 Å². The van der Waals surface area contributed by atoms with Crippen molar-refractivity contribution in [2.45, 2.75) is 25.1 Å². The van der Waals surface area contributed by atoms with Crippen LogP contribution in [0.4, 0.5) is 4.39 Å². The number of halogens is 2. The van der Waals surface area contributed by atoms with Gasteiger partial charge in [0.1, 0.15) is 5.82 Å². The molecule has 0 atom stereocenters. The molecule has 1 N–H and O–H groups in total. The Balaban J connectivity index is 2.67. The first-order chi connectivity index (χ1) is 9.04. The third-order valence-electron chi connectivity index (χ3n) is 2.95. The molecule has 19 heavy (non-hydrogen) atoms. The Morgan fingerprint density at radius 2 is 1.95 bits per heavy atom. The van der Waals surface area contributed by atoms with Gasteiger partial charge < -0.3 is 0 Å². The summed E-state index contributed by atoms with van der Waals surface area (Å²) in [7, 11) is 0. The molecule has 0 aliphatic rings. The van der Waals surface area contributed by atoms with Crippen LogP contribution in [0.5, 0.6) is 0 Å². The van der Waals surface area contributed by atoms with E-state index in [1.165, 1.54) is 12.1 Å². The van der Waals surface area contributed by atoms with Gasteiger partial charge in [-0.15, -0.1) is 0 Å². The van der Waals surface area contributed by atoms with Crippen molar-refractivity contribution in [2.75, 3.05) is 0 Å². The van der Waals surface area contributed by atoms with Gasteiger partial charge in [-0.3, -0.25) is 4.79 Å². The third kappa shape index (κ3) is 2.76. The van der Waals surface area contributed by atoms with E-state index in [2.05, 4.69) is 26.1 Å². The standard InChI is InChI=1S/C14H14BrFN2O/c1-8(2)12-11(7-15)13(17-18-14(12)19)9-3-5-10(16)6-4-9/h3-6,8H,7H2,1-2H3,(H,18,19). The topological polar surface area (TPSA) is 45.8 Å². The second kappa shape index (κ2) is 5.65. The van der Waals surface area contributed by atoms with Gasteiger partial charge in [0.2, 0.25) is 0 Å². The van der Waals surface area contributed by atoms with E-state index in [0.717, 1.165) is 11.1 Å². The van der Waals surface area contributed by atoms with Crippen LogP contribution < -0.4 is 5.56 Å². The molecule has 100 valence electrons. The van der Waals surface area contributed by atoms with E-state index in [-0.39, 0.29) is 17.3 Å². The molecule has 1 heterocycles. The fraction of sp³-hybridized carbons (Fsp3) is 0.286. The van der Waals surface area contributed by atoms with E-state index >= 15 is 0 Å². The van der Waals surface area contributed by atoms with Crippen molar-refractivity contribution in [2.24, 2.45) is 0 Å².